The van der Waals surface area contributed by atoms with Crippen LogP contribution in [0.3, 0.4) is 0 Å². The van der Waals surface area contributed by atoms with Crippen molar-refractivity contribution < 1.29 is 49.5 Å². The zero-order chi connectivity index (χ0) is 33.3. The van der Waals surface area contributed by atoms with E-state index >= 15 is 0 Å². The van der Waals surface area contributed by atoms with Gasteiger partial charge in [0, 0.05) is 23.9 Å². The summed E-state index contributed by atoms with van der Waals surface area (Å²) in [5, 5.41) is 16.1. The molecule has 2 heterocycles. The summed E-state index contributed by atoms with van der Waals surface area (Å²) in [6.45, 7) is -2.35. The molecule has 1 aliphatic rings. The Hall–Kier alpha value is -4.72. The van der Waals surface area contributed by atoms with Crippen molar-refractivity contribution >= 4 is 35.0 Å². The van der Waals surface area contributed by atoms with E-state index in [-0.39, 0.29) is 17.8 Å². The van der Waals surface area contributed by atoms with E-state index in [1.54, 1.807) is 6.07 Å². The number of nitrogens with zero attached hydrogens (tertiary/aromatic N) is 4. The number of nitriles is 1. The van der Waals surface area contributed by atoms with Crippen LogP contribution >= 0.6 is 11.6 Å². The van der Waals surface area contributed by atoms with E-state index < -0.39 is 83.4 Å². The van der Waals surface area contributed by atoms with Crippen LogP contribution in [-0.4, -0.2) is 57.5 Å². The van der Waals surface area contributed by atoms with E-state index in [0.29, 0.717) is 16.5 Å². The number of anilines is 1. The van der Waals surface area contributed by atoms with E-state index in [0.717, 1.165) is 23.0 Å². The van der Waals surface area contributed by atoms with Crippen LogP contribution in [0.4, 0.5) is 40.8 Å². The third-order valence-corrected chi connectivity index (χ3v) is 6.83. The second-order valence-electron chi connectivity index (χ2n) is 9.84. The molecule has 2 N–H and O–H groups in total. The Bertz CT molecular complexity index is 1660. The smallest absolute Gasteiger partial charge is 0.343 e. The first kappa shape index (κ1) is 33.2. The van der Waals surface area contributed by atoms with Crippen LogP contribution in [0.2, 0.25) is 5.02 Å². The van der Waals surface area contributed by atoms with E-state index in [1.807, 2.05) is 5.32 Å². The predicted molar refractivity (Wildman–Crippen MR) is 140 cm³/mol. The van der Waals surface area contributed by atoms with Crippen molar-refractivity contribution in [2.45, 2.75) is 37.3 Å². The van der Waals surface area contributed by atoms with Gasteiger partial charge in [-0.25, -0.2) is 8.78 Å². The van der Waals surface area contributed by atoms with Gasteiger partial charge in [-0.3, -0.25) is 19.1 Å². The van der Waals surface area contributed by atoms with E-state index in [2.05, 4.69) is 10.4 Å². The molecule has 0 spiro atoms. The predicted octanol–water partition coefficient (Wildman–Crippen LogP) is 5.36. The van der Waals surface area contributed by atoms with Gasteiger partial charge in [0.15, 0.2) is 5.69 Å². The molecule has 3 aromatic rings. The van der Waals surface area contributed by atoms with Crippen LogP contribution in [0.5, 0.6) is 0 Å². The molecule has 1 atom stereocenters. The van der Waals surface area contributed by atoms with E-state index in [4.69, 9.17) is 16.9 Å². The van der Waals surface area contributed by atoms with Gasteiger partial charge in [-0.05, 0) is 35.9 Å². The van der Waals surface area contributed by atoms with Gasteiger partial charge in [-0.1, -0.05) is 23.7 Å². The molecule has 3 amide bonds. The molecule has 9 nitrogen and oxygen atoms in total. The maximum absolute atomic E-state index is 13.7. The van der Waals surface area contributed by atoms with Crippen LogP contribution in [0.25, 0.3) is 0 Å². The lowest BCUT2D eigenvalue weighted by Crippen LogP contribution is -2.43. The number of carbonyl (C=O) groups is 3. The highest BCUT2D eigenvalue weighted by molar-refractivity contribution is 6.31. The minimum atomic E-state index is -5.10. The normalized spacial score (nSPS) is 16.3. The molecule has 0 saturated carbocycles. The van der Waals surface area contributed by atoms with Crippen LogP contribution in [0, 0.1) is 11.3 Å². The number of nitrogens with one attached hydrogen (secondary N) is 2. The van der Waals surface area contributed by atoms with Crippen molar-refractivity contribution in [3.8, 4) is 6.07 Å². The largest absolute Gasteiger partial charge is 0.435 e. The summed E-state index contributed by atoms with van der Waals surface area (Å²) >= 11 is 5.57. The van der Waals surface area contributed by atoms with Gasteiger partial charge in [0.25, 0.3) is 17.7 Å². The Morgan fingerprint density at radius 2 is 1.69 bits per heavy atom. The standard InChI is InChI=1S/C27H19ClF8N6O3/c28-20-6-5-16(7-19(20)26(31,32)33)39-23(44)15-3-1-14(2-4-15)11-41-12-18(22(40-41)27(34,35)36)24(45)38-10-21(43)42-13-25(29,30)8-17(42)9-37/h1-7,12,17H,8,10-11,13H2,(H,38,45)(H,39,44)/t17-/m0/s1. The number of carbonyl (C=O) groups excluding carboxylic acids is 3. The average molecular weight is 663 g/mol. The summed E-state index contributed by atoms with van der Waals surface area (Å²) in [5.41, 5.74) is -3.58. The highest BCUT2D eigenvalue weighted by atomic mass is 35.5. The quantitative estimate of drug-likeness (QED) is 0.330. The molecule has 18 heteroatoms. The van der Waals surface area contributed by atoms with E-state index in [1.165, 1.54) is 24.3 Å². The number of likely N-dealkylation sites (tertiary alicyclic amines) is 1. The Kier molecular flexibility index (Phi) is 9.10. The molecule has 1 aromatic heterocycles. The first-order valence-electron chi connectivity index (χ1n) is 12.6. The van der Waals surface area contributed by atoms with Gasteiger partial charge < -0.3 is 15.5 Å². The Morgan fingerprint density at radius 1 is 1.02 bits per heavy atom. The van der Waals surface area contributed by atoms with Gasteiger partial charge in [0.05, 0.1) is 41.9 Å². The second kappa shape index (κ2) is 12.3. The van der Waals surface area contributed by atoms with Crippen molar-refractivity contribution in [2.24, 2.45) is 0 Å². The summed E-state index contributed by atoms with van der Waals surface area (Å²) in [6.07, 6.45) is -10.0. The third kappa shape index (κ3) is 7.87. The van der Waals surface area contributed by atoms with Gasteiger partial charge in [-0.2, -0.15) is 36.7 Å². The topological polar surface area (TPSA) is 120 Å². The molecule has 4 rings (SSSR count). The number of alkyl halides is 8. The number of halogens is 9. The summed E-state index contributed by atoms with van der Waals surface area (Å²) in [6, 6.07) is 8.05. The summed E-state index contributed by atoms with van der Waals surface area (Å²) in [7, 11) is 0. The van der Waals surface area contributed by atoms with Crippen LogP contribution < -0.4 is 10.6 Å². The summed E-state index contributed by atoms with van der Waals surface area (Å²) in [4.78, 5) is 38.0. The maximum atomic E-state index is 13.7. The molecular weight excluding hydrogens is 644 g/mol. The first-order chi connectivity index (χ1) is 20.9. The molecule has 1 fully saturated rings. The minimum absolute atomic E-state index is 0.00200. The molecule has 238 valence electrons. The van der Waals surface area contributed by atoms with Gasteiger partial charge >= 0.3 is 12.4 Å². The SMILES string of the molecule is N#C[C@@H]1CC(F)(F)CN1C(=O)CNC(=O)c1cn(Cc2ccc(C(=O)Nc3ccc(Cl)c(C(F)(F)F)c3)cc2)nc1C(F)(F)F. The van der Waals surface area contributed by atoms with Crippen LogP contribution in [0.15, 0.2) is 48.7 Å². The highest BCUT2D eigenvalue weighted by Gasteiger charge is 2.47. The maximum Gasteiger partial charge on any atom is 0.435 e. The zero-order valence-corrected chi connectivity index (χ0v) is 23.2. The zero-order valence-electron chi connectivity index (χ0n) is 22.4. The van der Waals surface area contributed by atoms with Crippen LogP contribution in [-0.2, 0) is 23.7 Å². The minimum Gasteiger partial charge on any atom is -0.343 e. The molecule has 0 unspecified atom stereocenters. The monoisotopic (exact) mass is 662 g/mol. The van der Waals surface area contributed by atoms with Crippen molar-refractivity contribution in [1.29, 1.82) is 5.26 Å². The Morgan fingerprint density at radius 3 is 2.29 bits per heavy atom. The highest BCUT2D eigenvalue weighted by Crippen LogP contribution is 2.36. The summed E-state index contributed by atoms with van der Waals surface area (Å²) in [5.74, 6) is -6.58. The number of hydrogen-bond donors (Lipinski definition) is 2. The number of rotatable bonds is 7. The lowest BCUT2D eigenvalue weighted by molar-refractivity contribution is -0.142. The van der Waals surface area contributed by atoms with Crippen molar-refractivity contribution in [1.82, 2.24) is 20.0 Å². The van der Waals surface area contributed by atoms with Crippen molar-refractivity contribution in [3.05, 3.63) is 81.6 Å². The summed E-state index contributed by atoms with van der Waals surface area (Å²) < 4.78 is 108. The number of amides is 3. The van der Waals surface area contributed by atoms with Crippen molar-refractivity contribution in [3.63, 3.8) is 0 Å². The first-order valence-corrected chi connectivity index (χ1v) is 13.0. The Balaban J connectivity index is 1.43. The molecule has 0 bridgehead atoms. The fourth-order valence-corrected chi connectivity index (χ4v) is 4.62. The number of benzene rings is 2. The third-order valence-electron chi connectivity index (χ3n) is 6.50. The van der Waals surface area contributed by atoms with Crippen molar-refractivity contribution in [2.75, 3.05) is 18.4 Å². The lowest BCUT2D eigenvalue weighted by atomic mass is 10.1. The lowest BCUT2D eigenvalue weighted by Gasteiger charge is -2.19. The molecule has 0 aliphatic carbocycles. The molecule has 1 saturated heterocycles. The average Bonchev–Trinajstić information content (AvgIpc) is 3.52. The second-order valence-corrected chi connectivity index (χ2v) is 10.2. The van der Waals surface area contributed by atoms with Gasteiger partial charge in [0.2, 0.25) is 5.91 Å². The number of hydrogen-bond acceptors (Lipinski definition) is 5. The molecule has 2 aromatic carbocycles. The van der Waals surface area contributed by atoms with E-state index in [9.17, 15) is 49.5 Å². The molecule has 1 aliphatic heterocycles. The number of aromatic nitrogens is 2. The molecule has 45 heavy (non-hydrogen) atoms. The van der Waals surface area contributed by atoms with Crippen LogP contribution in [0.1, 0.15) is 44.0 Å². The van der Waals surface area contributed by atoms with Gasteiger partial charge in [0.1, 0.15) is 6.04 Å². The van der Waals surface area contributed by atoms with Gasteiger partial charge in [-0.15, -0.1) is 0 Å². The fourth-order valence-electron chi connectivity index (χ4n) is 4.40. The molecular formula is C27H19ClF8N6O3. The Labute approximate surface area is 253 Å². The molecule has 0 radical (unpaired) electrons. The fraction of sp³-hybridized carbons (Fsp3) is 0.296.